The highest BCUT2D eigenvalue weighted by Crippen LogP contribution is 2.14. The molecule has 1 aromatic carbocycles. The van der Waals surface area contributed by atoms with Gasteiger partial charge in [-0.1, -0.05) is 23.7 Å². The Bertz CT molecular complexity index is 647. The Hall–Kier alpha value is -2.28. The number of benzene rings is 1. The summed E-state index contributed by atoms with van der Waals surface area (Å²) in [6.07, 6.45) is 0. The molecule has 0 heterocycles. The van der Waals surface area contributed by atoms with Crippen LogP contribution in [0.25, 0.3) is 0 Å². The van der Waals surface area contributed by atoms with Crippen molar-refractivity contribution < 1.29 is 9.59 Å². The second-order valence-electron chi connectivity index (χ2n) is 5.89. The molecule has 0 saturated heterocycles. The lowest BCUT2D eigenvalue weighted by atomic mass is 10.2. The second kappa shape index (κ2) is 12.2. The second-order valence-corrected chi connectivity index (χ2v) is 6.30. The molecule has 1 aromatic rings. The van der Waals surface area contributed by atoms with Gasteiger partial charge >= 0.3 is 0 Å². The molecule has 0 radical (unpaired) electrons. The molecule has 2 N–H and O–H groups in total. The predicted octanol–water partition coefficient (Wildman–Crippen LogP) is 1.84. The lowest BCUT2D eigenvalue weighted by molar-refractivity contribution is -0.131. The van der Waals surface area contributed by atoms with Crippen LogP contribution in [0.2, 0.25) is 5.02 Å². The summed E-state index contributed by atoms with van der Waals surface area (Å²) in [6.45, 7) is 8.96. The van der Waals surface area contributed by atoms with E-state index in [-0.39, 0.29) is 18.4 Å². The van der Waals surface area contributed by atoms with E-state index in [1.54, 1.807) is 34.1 Å². The number of hydrogen-bond donors (Lipinski definition) is 2. The molecule has 0 aliphatic carbocycles. The van der Waals surface area contributed by atoms with Crippen LogP contribution in [0.3, 0.4) is 0 Å². The molecule has 0 atom stereocenters. The van der Waals surface area contributed by atoms with Gasteiger partial charge in [-0.05, 0) is 32.9 Å². The molecule has 0 bridgehead atoms. The highest BCUT2D eigenvalue weighted by molar-refractivity contribution is 6.33. The van der Waals surface area contributed by atoms with Crippen LogP contribution in [0.1, 0.15) is 31.1 Å². The van der Waals surface area contributed by atoms with Crippen molar-refractivity contribution >= 4 is 29.4 Å². The Morgan fingerprint density at radius 3 is 2.37 bits per heavy atom. The van der Waals surface area contributed by atoms with Crippen LogP contribution < -0.4 is 10.6 Å². The predicted molar refractivity (Wildman–Crippen MR) is 110 cm³/mol. The Morgan fingerprint density at radius 2 is 1.78 bits per heavy atom. The largest absolute Gasteiger partial charge is 0.357 e. The lowest BCUT2D eigenvalue weighted by Crippen LogP contribution is -2.46. The first-order valence-electron chi connectivity index (χ1n) is 9.24. The first kappa shape index (κ1) is 22.8. The van der Waals surface area contributed by atoms with Gasteiger partial charge in [0, 0.05) is 33.2 Å². The van der Waals surface area contributed by atoms with Crippen molar-refractivity contribution in [2.24, 2.45) is 4.99 Å². The van der Waals surface area contributed by atoms with Crippen LogP contribution in [0.15, 0.2) is 29.3 Å². The molecule has 0 fully saturated rings. The van der Waals surface area contributed by atoms with Crippen LogP contribution in [0, 0.1) is 0 Å². The summed E-state index contributed by atoms with van der Waals surface area (Å²) >= 11 is 6.02. The smallest absolute Gasteiger partial charge is 0.252 e. The normalized spacial score (nSPS) is 11.1. The number of nitrogens with one attached hydrogen (secondary N) is 2. The Balaban J connectivity index is 2.59. The van der Waals surface area contributed by atoms with Gasteiger partial charge in [0.05, 0.1) is 23.7 Å². The number of rotatable bonds is 9. The molecule has 0 unspecified atom stereocenters. The molecule has 0 aliphatic heterocycles. The maximum Gasteiger partial charge on any atom is 0.252 e. The molecule has 8 heteroatoms. The average Bonchev–Trinajstić information content (AvgIpc) is 2.65. The van der Waals surface area contributed by atoms with E-state index in [9.17, 15) is 9.59 Å². The van der Waals surface area contributed by atoms with Crippen LogP contribution in [-0.2, 0) is 4.79 Å². The van der Waals surface area contributed by atoms with Gasteiger partial charge in [0.2, 0.25) is 5.91 Å². The summed E-state index contributed by atoms with van der Waals surface area (Å²) in [6, 6.07) is 6.91. The summed E-state index contributed by atoms with van der Waals surface area (Å²) in [5.41, 5.74) is 0.442. The summed E-state index contributed by atoms with van der Waals surface area (Å²) < 4.78 is 0. The summed E-state index contributed by atoms with van der Waals surface area (Å²) in [4.78, 5) is 32.5. The fourth-order valence-electron chi connectivity index (χ4n) is 2.50. The monoisotopic (exact) mass is 395 g/mol. The first-order valence-corrected chi connectivity index (χ1v) is 9.62. The minimum absolute atomic E-state index is 0.0557. The maximum absolute atomic E-state index is 12.3. The van der Waals surface area contributed by atoms with Crippen molar-refractivity contribution in [3.63, 3.8) is 0 Å². The van der Waals surface area contributed by atoms with Gasteiger partial charge in [0.15, 0.2) is 5.96 Å². The summed E-state index contributed by atoms with van der Waals surface area (Å²) in [5, 5.41) is 6.38. The average molecular weight is 396 g/mol. The van der Waals surface area contributed by atoms with Gasteiger partial charge in [-0.15, -0.1) is 0 Å². The van der Waals surface area contributed by atoms with Gasteiger partial charge in [0.1, 0.15) is 0 Å². The SMILES string of the molecule is CCNC(=NCCNC(=O)c1ccccc1Cl)N(C)CC(=O)N(CC)CC. The van der Waals surface area contributed by atoms with Crippen LogP contribution in [0.5, 0.6) is 0 Å². The minimum atomic E-state index is -0.231. The van der Waals surface area contributed by atoms with Crippen molar-refractivity contribution in [2.45, 2.75) is 20.8 Å². The fourth-order valence-corrected chi connectivity index (χ4v) is 2.72. The van der Waals surface area contributed by atoms with Crippen LogP contribution in [0.4, 0.5) is 0 Å². The Labute approximate surface area is 166 Å². The van der Waals surface area contributed by atoms with Crippen molar-refractivity contribution in [3.8, 4) is 0 Å². The molecule has 0 spiro atoms. The fraction of sp³-hybridized carbons (Fsp3) is 0.526. The van der Waals surface area contributed by atoms with Crippen molar-refractivity contribution in [3.05, 3.63) is 34.9 Å². The Morgan fingerprint density at radius 1 is 1.11 bits per heavy atom. The molecular formula is C19H30ClN5O2. The number of likely N-dealkylation sites (N-methyl/N-ethyl adjacent to an activating group) is 2. The summed E-state index contributed by atoms with van der Waals surface area (Å²) in [5.74, 6) is 0.455. The summed E-state index contributed by atoms with van der Waals surface area (Å²) in [7, 11) is 1.82. The van der Waals surface area contributed by atoms with E-state index in [1.807, 2.05) is 27.8 Å². The molecule has 0 aliphatic rings. The lowest BCUT2D eigenvalue weighted by Gasteiger charge is -2.25. The van der Waals surface area contributed by atoms with Gasteiger partial charge in [-0.25, -0.2) is 0 Å². The molecule has 7 nitrogen and oxygen atoms in total. The van der Waals surface area contributed by atoms with E-state index >= 15 is 0 Å². The number of carbonyl (C=O) groups is 2. The molecule has 0 aromatic heterocycles. The molecule has 2 amide bonds. The number of hydrogen-bond acceptors (Lipinski definition) is 3. The zero-order valence-electron chi connectivity index (χ0n) is 16.6. The quantitative estimate of drug-likeness (QED) is 0.380. The van der Waals surface area contributed by atoms with E-state index in [0.717, 1.165) is 0 Å². The molecule has 27 heavy (non-hydrogen) atoms. The topological polar surface area (TPSA) is 77.0 Å². The first-order chi connectivity index (χ1) is 12.9. The third-order valence-corrected chi connectivity index (χ3v) is 4.29. The minimum Gasteiger partial charge on any atom is -0.357 e. The van der Waals surface area contributed by atoms with E-state index in [0.29, 0.717) is 49.3 Å². The van der Waals surface area contributed by atoms with Gasteiger partial charge < -0.3 is 20.4 Å². The van der Waals surface area contributed by atoms with Crippen molar-refractivity contribution in [1.82, 2.24) is 20.4 Å². The number of nitrogens with zero attached hydrogens (tertiary/aromatic N) is 3. The highest BCUT2D eigenvalue weighted by Gasteiger charge is 2.15. The highest BCUT2D eigenvalue weighted by atomic mass is 35.5. The number of amides is 2. The number of guanidine groups is 1. The number of halogens is 1. The maximum atomic E-state index is 12.3. The standard InChI is InChI=1S/C19H30ClN5O2/c1-5-21-19(24(4)14-17(26)25(6-2)7-3)23-13-12-22-18(27)15-10-8-9-11-16(15)20/h8-11H,5-7,12-14H2,1-4H3,(H,21,23)(H,22,27). The van der Waals surface area contributed by atoms with Crippen molar-refractivity contribution in [1.29, 1.82) is 0 Å². The van der Waals surface area contributed by atoms with Crippen molar-refractivity contribution in [2.75, 3.05) is 46.3 Å². The van der Waals surface area contributed by atoms with E-state index in [1.165, 1.54) is 0 Å². The van der Waals surface area contributed by atoms with E-state index in [2.05, 4.69) is 15.6 Å². The van der Waals surface area contributed by atoms with Crippen LogP contribution >= 0.6 is 11.6 Å². The van der Waals surface area contributed by atoms with E-state index < -0.39 is 0 Å². The molecular weight excluding hydrogens is 366 g/mol. The number of aliphatic imine (C=N–C) groups is 1. The number of carbonyl (C=O) groups excluding carboxylic acids is 2. The molecule has 0 saturated carbocycles. The zero-order chi connectivity index (χ0) is 20.2. The Kier molecular flexibility index (Phi) is 10.3. The van der Waals surface area contributed by atoms with Crippen LogP contribution in [-0.4, -0.2) is 73.9 Å². The third kappa shape index (κ3) is 7.46. The van der Waals surface area contributed by atoms with Gasteiger partial charge in [-0.3, -0.25) is 14.6 Å². The zero-order valence-corrected chi connectivity index (χ0v) is 17.3. The van der Waals surface area contributed by atoms with Gasteiger partial charge in [0.25, 0.3) is 5.91 Å². The molecule has 1 rings (SSSR count). The third-order valence-electron chi connectivity index (χ3n) is 3.96. The van der Waals surface area contributed by atoms with Gasteiger partial charge in [-0.2, -0.15) is 0 Å². The van der Waals surface area contributed by atoms with E-state index in [4.69, 9.17) is 11.6 Å². The molecule has 150 valence electrons.